The van der Waals surface area contributed by atoms with E-state index in [-0.39, 0.29) is 104 Å². The number of hydrogen-bond acceptors (Lipinski definition) is 19. The Labute approximate surface area is 561 Å². The second-order valence-corrected chi connectivity index (χ2v) is 22.6. The molecule has 0 radical (unpaired) electrons. The molecule has 1 aliphatic heterocycles. The van der Waals surface area contributed by atoms with Crippen LogP contribution in [0.1, 0.15) is 33.6 Å². The summed E-state index contributed by atoms with van der Waals surface area (Å²) in [5.74, 6) is -6.46. The highest BCUT2D eigenvalue weighted by molar-refractivity contribution is 7.88. The zero-order valence-electron chi connectivity index (χ0n) is 49.4. The van der Waals surface area contributed by atoms with Crippen LogP contribution in [0.25, 0.3) is 66.2 Å². The topological polar surface area (TPSA) is 326 Å². The van der Waals surface area contributed by atoms with Crippen LogP contribution in [0.5, 0.6) is 23.3 Å². The van der Waals surface area contributed by atoms with E-state index in [2.05, 4.69) is 34.0 Å². The number of para-hydroxylation sites is 5. The van der Waals surface area contributed by atoms with Crippen molar-refractivity contribution in [3.8, 4) is 23.3 Å². The summed E-state index contributed by atoms with van der Waals surface area (Å²) >= 11 is 16.5. The van der Waals surface area contributed by atoms with Gasteiger partial charge in [-0.25, -0.2) is 41.5 Å². The Morgan fingerprint density at radius 2 is 0.990 bits per heavy atom. The van der Waals surface area contributed by atoms with Crippen molar-refractivity contribution in [2.24, 2.45) is 0 Å². The highest BCUT2D eigenvalue weighted by Gasteiger charge is 2.49. The number of H-pyrrole nitrogens is 1. The van der Waals surface area contributed by atoms with Crippen LogP contribution in [0.15, 0.2) is 196 Å². The predicted molar refractivity (Wildman–Crippen MR) is 345 cm³/mol. The van der Waals surface area contributed by atoms with Crippen LogP contribution < -0.4 is 35.7 Å². The Kier molecular flexibility index (Phi) is 22.2. The van der Waals surface area contributed by atoms with Gasteiger partial charge < -0.3 is 42.4 Å². The number of carboxylic acids is 2. The Balaban J connectivity index is 0.000000143. The molecule has 22 nitrogen and oxygen atoms in total. The number of hydrogen-bond donors (Lipinski definition) is 4. The molecule has 99 heavy (non-hydrogen) atoms. The fourth-order valence-corrected chi connectivity index (χ4v) is 9.79. The molecule has 0 unspecified atom stereocenters. The van der Waals surface area contributed by atoms with Gasteiger partial charge in [-0.05, 0) is 122 Å². The number of aromatic nitrogens is 5. The molecule has 0 saturated carbocycles. The molecule has 9 heterocycles. The first-order chi connectivity index (χ1) is 47.0. The molecule has 0 bridgehead atoms. The highest BCUT2D eigenvalue weighted by Crippen LogP contribution is 2.31. The fraction of sp³-hybridized carbons (Fsp3) is 0.0769. The molecule has 0 aliphatic carbocycles. The molecule has 14 rings (SSSR count). The van der Waals surface area contributed by atoms with E-state index >= 15 is 0 Å². The number of benzene rings is 5. The third-order valence-electron chi connectivity index (χ3n) is 13.4. The monoisotopic (exact) mass is 1450 g/mol. The molecule has 0 amide bonds. The maximum Gasteiger partial charge on any atom is 0.534 e. The number of carbonyl (C=O) groups is 2. The van der Waals surface area contributed by atoms with E-state index in [1.54, 1.807) is 24.3 Å². The van der Waals surface area contributed by atoms with E-state index < -0.39 is 84.8 Å². The Bertz CT molecular complexity index is 5630. The Morgan fingerprint density at radius 1 is 0.515 bits per heavy atom. The molecule has 1 fully saturated rings. The number of aromatic carboxylic acids is 2. The van der Waals surface area contributed by atoms with Crippen molar-refractivity contribution in [3.05, 3.63) is 260 Å². The molecule has 1 saturated heterocycles. The summed E-state index contributed by atoms with van der Waals surface area (Å²) in [4.78, 5) is 88.6. The van der Waals surface area contributed by atoms with Crippen LogP contribution in [0.2, 0.25) is 15.5 Å². The average Bonchev–Trinajstić information content (AvgIpc) is 1.16. The summed E-state index contributed by atoms with van der Waals surface area (Å²) in [7, 11) is -5.94. The first-order valence-corrected chi connectivity index (χ1v) is 30.4. The lowest BCUT2D eigenvalue weighted by atomic mass is 10.2. The third-order valence-corrected chi connectivity index (χ3v) is 15.1. The SMILES string of the molecule is O=C(O)c1ccc(Cl)nc1Cl.O=C(O)c1ccc(Cl)nc1Oc1ccccc1F.O=c1c2ccc(N3CCCC3)nc2oc2c(F)cccc12.O=c1c2ccc(OS(=O)(=O)C(F)(F)F)nc2oc2c(F)cccc12.O=c1ccc2c(=O)c3cccc(F)c3oc2[nH]1.Oc1ccccc1F. The van der Waals surface area contributed by atoms with Gasteiger partial charge in [0.2, 0.25) is 45.2 Å². The summed E-state index contributed by atoms with van der Waals surface area (Å²) in [5.41, 5.74) is -8.59. The summed E-state index contributed by atoms with van der Waals surface area (Å²) in [5, 5.41) is 26.9. The molecular weight excluding hydrogens is 1410 g/mol. The zero-order valence-corrected chi connectivity index (χ0v) is 52.5. The molecule has 13 aromatic rings. The van der Waals surface area contributed by atoms with Crippen LogP contribution in [-0.2, 0) is 10.1 Å². The van der Waals surface area contributed by atoms with Crippen molar-refractivity contribution in [2.75, 3.05) is 18.0 Å². The van der Waals surface area contributed by atoms with Crippen molar-refractivity contribution in [2.45, 2.75) is 18.3 Å². The lowest BCUT2D eigenvalue weighted by molar-refractivity contribution is -0.0501. The maximum absolute atomic E-state index is 13.8. The zero-order chi connectivity index (χ0) is 71.6. The number of anilines is 1. The first kappa shape index (κ1) is 71.7. The molecule has 34 heteroatoms. The average molecular weight is 1450 g/mol. The minimum absolute atomic E-state index is 0.0138. The highest BCUT2D eigenvalue weighted by atomic mass is 35.5. The van der Waals surface area contributed by atoms with Crippen molar-refractivity contribution in [1.82, 2.24) is 24.9 Å². The van der Waals surface area contributed by atoms with Crippen molar-refractivity contribution < 1.29 is 90.6 Å². The largest absolute Gasteiger partial charge is 0.534 e. The van der Waals surface area contributed by atoms with Crippen molar-refractivity contribution in [1.29, 1.82) is 0 Å². The number of nitrogens with one attached hydrogen (secondary N) is 1. The normalized spacial score (nSPS) is 11.8. The molecule has 1 aliphatic rings. The van der Waals surface area contributed by atoms with E-state index in [0.29, 0.717) is 5.39 Å². The third kappa shape index (κ3) is 17.0. The van der Waals surface area contributed by atoms with E-state index in [0.717, 1.165) is 49.9 Å². The van der Waals surface area contributed by atoms with Gasteiger partial charge in [0, 0.05) is 25.2 Å². The van der Waals surface area contributed by atoms with Gasteiger partial charge in [-0.1, -0.05) is 77.3 Å². The minimum Gasteiger partial charge on any atom is -0.505 e. The van der Waals surface area contributed by atoms with Crippen molar-refractivity contribution in [3.63, 3.8) is 0 Å². The van der Waals surface area contributed by atoms with Gasteiger partial charge in [-0.2, -0.15) is 31.6 Å². The number of phenols is 1. The molecular formula is C65H39Cl3F8N6O16S. The van der Waals surface area contributed by atoms with E-state index in [9.17, 15) is 72.3 Å². The van der Waals surface area contributed by atoms with Gasteiger partial charge in [-0.3, -0.25) is 24.2 Å². The molecule has 508 valence electrons. The number of phenolic OH excluding ortho intramolecular Hbond substituents is 1. The molecule has 8 aromatic heterocycles. The lowest BCUT2D eigenvalue weighted by Gasteiger charge is -2.16. The Hall–Kier alpha value is -11.5. The first-order valence-electron chi connectivity index (χ1n) is 27.9. The van der Waals surface area contributed by atoms with Gasteiger partial charge in [0.15, 0.2) is 57.3 Å². The second kappa shape index (κ2) is 30.7. The van der Waals surface area contributed by atoms with Crippen LogP contribution in [0.4, 0.5) is 40.9 Å². The number of nitrogens with zero attached hydrogens (tertiary/aromatic N) is 5. The van der Waals surface area contributed by atoms with E-state index in [1.807, 2.05) is 6.07 Å². The van der Waals surface area contributed by atoms with Gasteiger partial charge in [0.1, 0.15) is 26.8 Å². The molecule has 5 aromatic carbocycles. The lowest BCUT2D eigenvalue weighted by Crippen LogP contribution is -2.28. The standard InChI is InChI=1S/C16H13FN2O2.C13H5F4NO5S.C12H7ClFNO3.C12H6FNO3.C6H3Cl2NO2.C6H5FO/c17-12-5-3-4-10-14(20)11-6-7-13(19-8-1-2-9-19)18-16(11)21-15(10)12;14-8-3-1-2-6-10(19)7-4-5-9(18-12(7)22-11(6)8)23-24(20,21)13(15,16)17;13-10-6-5-7(12(16)17)11(15-10)18-9-4-2-1-3-8(9)14;13-8-3-1-2-6-10(16)7-4-5-9(15)14-12(7)17-11(6)8;7-4-2-1-3(6(10)11)5(8)9-4;7-5-3-1-2-4-6(5)8/h3-7H,1-2,8-9H2;1-5H;1-6H,(H,16,17);1-5H,(H,14,15);1-2H,(H,10,11);1-4,8H. The molecule has 4 N–H and O–H groups in total. The van der Waals surface area contributed by atoms with Crippen LogP contribution in [0, 0.1) is 29.1 Å². The number of fused-ring (bicyclic) bond motifs is 6. The fourth-order valence-electron chi connectivity index (χ4n) is 8.82. The quantitative estimate of drug-likeness (QED) is 0.0379. The van der Waals surface area contributed by atoms with Crippen LogP contribution in [0.3, 0.4) is 0 Å². The Morgan fingerprint density at radius 3 is 1.51 bits per heavy atom. The smallest absolute Gasteiger partial charge is 0.505 e. The van der Waals surface area contributed by atoms with Gasteiger partial charge in [-0.15, -0.1) is 0 Å². The van der Waals surface area contributed by atoms with Crippen molar-refractivity contribution >= 4 is 129 Å². The summed E-state index contributed by atoms with van der Waals surface area (Å²) in [6.07, 6.45) is 2.27. The van der Waals surface area contributed by atoms with Gasteiger partial charge in [0.25, 0.3) is 5.56 Å². The van der Waals surface area contributed by atoms with E-state index in [4.69, 9.17) is 68.1 Å². The van der Waals surface area contributed by atoms with Gasteiger partial charge >= 0.3 is 27.6 Å². The second-order valence-electron chi connectivity index (χ2n) is 20.0. The van der Waals surface area contributed by atoms with Gasteiger partial charge in [0.05, 0.1) is 37.9 Å². The van der Waals surface area contributed by atoms with E-state index in [1.165, 1.54) is 115 Å². The van der Waals surface area contributed by atoms with Crippen LogP contribution in [-0.4, -0.2) is 79.2 Å². The number of aromatic hydroxyl groups is 1. The number of aromatic amines is 1. The number of rotatable bonds is 7. The summed E-state index contributed by atoms with van der Waals surface area (Å²) in [6.45, 7) is 1.90. The number of ether oxygens (including phenoxy) is 1. The summed E-state index contributed by atoms with van der Waals surface area (Å²) in [6, 6.07) is 36.4. The number of halogens is 11. The summed E-state index contributed by atoms with van der Waals surface area (Å²) < 4.78 is 150. The predicted octanol–water partition coefficient (Wildman–Crippen LogP) is 14.5. The number of alkyl halides is 3. The molecule has 0 spiro atoms. The number of carboxylic acid groups (broad SMARTS) is 2. The molecule has 0 atom stereocenters. The maximum atomic E-state index is 13.8. The van der Waals surface area contributed by atoms with Crippen LogP contribution >= 0.6 is 34.8 Å². The number of pyridine rings is 5. The minimum atomic E-state index is -5.94.